The van der Waals surface area contributed by atoms with Crippen molar-refractivity contribution in [2.24, 2.45) is 4.99 Å². The monoisotopic (exact) mass is 1110 g/mol. The van der Waals surface area contributed by atoms with Gasteiger partial charge in [0.2, 0.25) is 6.08 Å². The van der Waals surface area contributed by atoms with E-state index in [9.17, 15) is 19.8 Å². The summed E-state index contributed by atoms with van der Waals surface area (Å²) in [5, 5.41) is 44.3. The average Bonchev–Trinajstić information content (AvgIpc) is 3.33. The van der Waals surface area contributed by atoms with Crippen molar-refractivity contribution in [1.29, 1.82) is 0 Å². The zero-order valence-corrected chi connectivity index (χ0v) is 61.4. The van der Waals surface area contributed by atoms with Crippen LogP contribution in [0.4, 0.5) is 27.8 Å². The number of benzene rings is 2. The maximum absolute atomic E-state index is 12.6. The maximum atomic E-state index is 12.6. The van der Waals surface area contributed by atoms with Crippen LogP contribution in [0.15, 0.2) is 78.0 Å². The zero-order chi connectivity index (χ0) is 50.0. The van der Waals surface area contributed by atoms with Crippen molar-refractivity contribution in [3.63, 3.8) is 0 Å². The third kappa shape index (κ3) is 27.1. The van der Waals surface area contributed by atoms with Gasteiger partial charge in [-0.05, 0) is 58.4 Å². The van der Waals surface area contributed by atoms with Crippen molar-refractivity contribution in [1.82, 2.24) is 20.2 Å². The molecule has 4 aromatic rings. The Morgan fingerprint density at radius 2 is 1.10 bits per heavy atom. The van der Waals surface area contributed by atoms with Gasteiger partial charge >= 0.3 is 195 Å². The standard InChI is InChI=1S/C22H29ClN4O3.C11H16ClN3O2.C11H13NO.CH4.6K/c1-22(2,3)16-4-6-17(7-5-16)25-21(30)27-10-8-26(9-11-27)20-18(23)12-15(13-24-20)19(29)14-28;12-9-5-8(10(17)7-16)6-14-11(9)15-3-1-13-2-4-15;1-11(2,3)9-4-6-10(7-5-9)12-8-13;;;;;;;/h4-7,12-13,19,28-29H,8-11,14H2,1-3H3,(H,25,30);5-6,10,13,16-17H,1-4,7H2;4-7H,1-3H3;1H4;;;;;;/t19-;10-;;;;;;;;/m11......../s1. The van der Waals surface area contributed by atoms with Crippen LogP contribution in [-0.2, 0) is 15.6 Å². The Labute approximate surface area is 545 Å². The van der Waals surface area contributed by atoms with Crippen LogP contribution in [0.5, 0.6) is 0 Å². The van der Waals surface area contributed by atoms with Gasteiger partial charge in [-0.1, -0.05) is 96.4 Å². The van der Waals surface area contributed by atoms with E-state index in [1.54, 1.807) is 23.2 Å². The number of halogens is 2. The topological polar surface area (TPSA) is 187 Å². The number of carbonyl (C=O) groups is 1. The summed E-state index contributed by atoms with van der Waals surface area (Å²) >= 11 is 20.0. The number of aliphatic hydroxyl groups excluding tert-OH is 4. The Hall–Kier alpha value is 5.19. The molecule has 6 N–H and O–H groups in total. The molecule has 6 rings (SSSR count). The van der Waals surface area contributed by atoms with Gasteiger partial charge in [0.25, 0.3) is 0 Å². The molecule has 2 aromatic carbocycles. The molecule has 0 bridgehead atoms. The SMILES string of the molecule is C.CC(C)(C)c1ccc(N=C=O)cc1.CC(C)(C)c1ccc(NC(=O)N2CCN(c3ncc([C@H](O)CO)cc3Cl)CC2)cc1.OC[C@@H](O)c1cnc(N2CCNCC2)c(Cl)c1.[K][K].[K][K].[K][K]. The molecular formula is C45H62Cl2K6N8O6. The number of piperazine rings is 2. The quantitative estimate of drug-likeness (QED) is 0.0803. The summed E-state index contributed by atoms with van der Waals surface area (Å²) < 4.78 is 0. The van der Waals surface area contributed by atoms with Crippen molar-refractivity contribution < 1.29 is 30.0 Å². The molecule has 67 heavy (non-hydrogen) atoms. The fourth-order valence-corrected chi connectivity index (χ4v) is 6.86. The fraction of sp³-hybridized carbons (Fsp3) is 0.467. The van der Waals surface area contributed by atoms with Crippen LogP contribution >= 0.6 is 23.2 Å². The summed E-state index contributed by atoms with van der Waals surface area (Å²) in [5.74, 6) is 1.35. The summed E-state index contributed by atoms with van der Waals surface area (Å²) in [6.07, 6.45) is 2.68. The number of urea groups is 1. The Kier molecular flexibility index (Phi) is 43.5. The van der Waals surface area contributed by atoms with E-state index in [1.807, 2.05) is 53.4 Å². The number of aliphatic hydroxyl groups is 4. The molecule has 2 aliphatic heterocycles. The number of isocyanates is 1. The van der Waals surface area contributed by atoms with E-state index in [2.05, 4.69) is 72.0 Å². The van der Waals surface area contributed by atoms with Crippen LogP contribution in [0.25, 0.3) is 0 Å². The van der Waals surface area contributed by atoms with Gasteiger partial charge in [0.1, 0.15) is 23.8 Å². The molecule has 2 aliphatic rings. The molecule has 2 saturated heterocycles. The number of rotatable bonds is 8. The molecule has 2 fully saturated rings. The van der Waals surface area contributed by atoms with Crippen LogP contribution in [-0.4, -0.2) is 302 Å². The molecule has 2 aromatic heterocycles. The van der Waals surface area contributed by atoms with E-state index >= 15 is 0 Å². The van der Waals surface area contributed by atoms with Gasteiger partial charge in [-0.3, -0.25) is 0 Å². The molecule has 0 unspecified atom stereocenters. The van der Waals surface area contributed by atoms with Gasteiger partial charge in [-0.25, -0.2) is 19.6 Å². The zero-order valence-electron chi connectivity index (χ0n) is 41.2. The minimum atomic E-state index is -0.998. The van der Waals surface area contributed by atoms with Crippen LogP contribution in [0, 0.1) is 0 Å². The van der Waals surface area contributed by atoms with E-state index in [0.717, 1.165) is 37.7 Å². The Morgan fingerprint density at radius 1 is 0.716 bits per heavy atom. The van der Waals surface area contributed by atoms with Crippen molar-refractivity contribution in [2.75, 3.05) is 80.7 Å². The molecule has 22 heteroatoms. The van der Waals surface area contributed by atoms with E-state index in [0.29, 0.717) is 58.9 Å². The third-order valence-corrected chi connectivity index (χ3v) is 10.6. The van der Waals surface area contributed by atoms with Gasteiger partial charge in [0.05, 0.1) is 28.9 Å². The van der Waals surface area contributed by atoms with E-state index < -0.39 is 12.2 Å². The number of pyridine rings is 2. The summed E-state index contributed by atoms with van der Waals surface area (Å²) in [4.78, 5) is 40.6. The molecule has 0 radical (unpaired) electrons. The number of aromatic nitrogens is 2. The number of nitrogens with zero attached hydrogens (tertiary/aromatic N) is 6. The van der Waals surface area contributed by atoms with Crippen LogP contribution in [0.2, 0.25) is 10.0 Å². The number of carbonyl (C=O) groups excluding carboxylic acids is 2. The number of hydrogen-bond donors (Lipinski definition) is 6. The van der Waals surface area contributed by atoms with Crippen molar-refractivity contribution in [3.8, 4) is 0 Å². The van der Waals surface area contributed by atoms with Crippen molar-refractivity contribution in [3.05, 3.63) is 105 Å². The minimum absolute atomic E-state index is 0. The Bertz CT molecular complexity index is 2050. The second-order valence-electron chi connectivity index (χ2n) is 16.5. The predicted octanol–water partition coefficient (Wildman–Crippen LogP) is 4.89. The molecular weight excluding hydrogens is 1050 g/mol. The van der Waals surface area contributed by atoms with Crippen LogP contribution < -0.4 is 20.4 Å². The molecule has 2 amide bonds. The van der Waals surface area contributed by atoms with Gasteiger partial charge in [0, 0.05) is 81.6 Å². The summed E-state index contributed by atoms with van der Waals surface area (Å²) in [5.41, 5.74) is 5.11. The summed E-state index contributed by atoms with van der Waals surface area (Å²) in [6, 6.07) is 18.7. The average molecular weight is 1120 g/mol. The first-order valence-electron chi connectivity index (χ1n) is 22.9. The molecule has 0 saturated carbocycles. The summed E-state index contributed by atoms with van der Waals surface area (Å²) in [7, 11) is 0. The van der Waals surface area contributed by atoms with Gasteiger partial charge in [0.15, 0.2) is 0 Å². The first-order chi connectivity index (χ1) is 31.4. The number of aliphatic imine (C=N–C) groups is 1. The normalized spacial score (nSPS) is 14.1. The van der Waals surface area contributed by atoms with E-state index in [4.69, 9.17) is 33.4 Å². The molecule has 4 heterocycles. The molecule has 14 nitrogen and oxygen atoms in total. The number of amides is 2. The van der Waals surface area contributed by atoms with Gasteiger partial charge in [-0.15, -0.1) is 0 Å². The Morgan fingerprint density at radius 3 is 1.46 bits per heavy atom. The molecule has 0 spiro atoms. The molecule has 338 valence electrons. The molecule has 2 atom stereocenters. The number of hydrogen-bond acceptors (Lipinski definition) is 12. The second kappa shape index (κ2) is 40.4. The summed E-state index contributed by atoms with van der Waals surface area (Å²) in [6.45, 7) is 18.1. The third-order valence-electron chi connectivity index (χ3n) is 9.99. The van der Waals surface area contributed by atoms with Gasteiger partial charge < -0.3 is 45.8 Å². The number of anilines is 3. The molecule has 0 aliphatic carbocycles. The van der Waals surface area contributed by atoms with Crippen LogP contribution in [0.1, 0.15) is 83.4 Å². The Balaban J connectivity index is 0.000000998. The first-order valence-corrected chi connectivity index (χ1v) is 71.6. The van der Waals surface area contributed by atoms with Crippen molar-refractivity contribution >= 4 is 248 Å². The van der Waals surface area contributed by atoms with E-state index in [-0.39, 0.29) is 37.5 Å². The van der Waals surface area contributed by atoms with Crippen LogP contribution in [0.3, 0.4) is 0 Å². The predicted molar refractivity (Wildman–Crippen MR) is 280 cm³/mol. The van der Waals surface area contributed by atoms with E-state index in [1.165, 1.54) is 213 Å². The second-order valence-corrected chi connectivity index (χ2v) is 17.3. The number of nitrogens with one attached hydrogen (secondary N) is 2. The van der Waals surface area contributed by atoms with Crippen molar-refractivity contribution in [2.45, 2.75) is 72.0 Å². The fourth-order valence-electron chi connectivity index (χ4n) is 6.27. The van der Waals surface area contributed by atoms with Gasteiger partial charge in [-0.2, -0.15) is 4.99 Å². The first kappa shape index (κ1) is 72.2.